The van der Waals surface area contributed by atoms with E-state index in [2.05, 4.69) is 42.9 Å². The van der Waals surface area contributed by atoms with Crippen LogP contribution < -0.4 is 10.1 Å². The van der Waals surface area contributed by atoms with Gasteiger partial charge in [-0.25, -0.2) is 0 Å². The SMILES string of the molecule is CC(C)(C)NCC(O)COc1ccccc1C#Cc1cccnc1. The van der Waals surface area contributed by atoms with Gasteiger partial charge in [-0.05, 0) is 45.0 Å². The third-order valence-electron chi connectivity index (χ3n) is 3.19. The molecule has 126 valence electrons. The van der Waals surface area contributed by atoms with Gasteiger partial charge in [0.2, 0.25) is 0 Å². The normalized spacial score (nSPS) is 12.2. The Morgan fingerprint density at radius 1 is 1.17 bits per heavy atom. The summed E-state index contributed by atoms with van der Waals surface area (Å²) in [5.41, 5.74) is 1.60. The summed E-state index contributed by atoms with van der Waals surface area (Å²) in [6, 6.07) is 11.3. The highest BCUT2D eigenvalue weighted by Gasteiger charge is 2.13. The Hall–Kier alpha value is -2.35. The number of para-hydroxylation sites is 1. The number of aliphatic hydroxyl groups excluding tert-OH is 1. The highest BCUT2D eigenvalue weighted by molar-refractivity contribution is 5.49. The fourth-order valence-electron chi connectivity index (χ4n) is 1.94. The standard InChI is InChI=1S/C20H24N2O2/c1-20(2,3)22-14-18(23)15-24-19-9-5-4-8-17(19)11-10-16-7-6-12-21-13-16/h4-9,12-13,18,22-23H,14-15H2,1-3H3. The van der Waals surface area contributed by atoms with Crippen LogP contribution in [0.15, 0.2) is 48.8 Å². The second-order valence-electron chi connectivity index (χ2n) is 6.58. The van der Waals surface area contributed by atoms with E-state index >= 15 is 0 Å². The molecular weight excluding hydrogens is 300 g/mol. The second kappa shape index (κ2) is 8.49. The number of nitrogens with zero attached hydrogens (tertiary/aromatic N) is 1. The van der Waals surface area contributed by atoms with Gasteiger partial charge in [0.15, 0.2) is 0 Å². The molecule has 1 unspecified atom stereocenters. The van der Waals surface area contributed by atoms with E-state index in [4.69, 9.17) is 4.74 Å². The Labute approximate surface area is 143 Å². The molecule has 0 amide bonds. The molecule has 0 saturated heterocycles. The number of nitrogens with one attached hydrogen (secondary N) is 1. The van der Waals surface area contributed by atoms with Gasteiger partial charge >= 0.3 is 0 Å². The first kappa shape index (κ1) is 18.0. The monoisotopic (exact) mass is 324 g/mol. The van der Waals surface area contributed by atoms with Crippen molar-refractivity contribution in [3.05, 3.63) is 59.9 Å². The van der Waals surface area contributed by atoms with Crippen molar-refractivity contribution >= 4 is 0 Å². The van der Waals surface area contributed by atoms with Gasteiger partial charge in [0.25, 0.3) is 0 Å². The molecule has 1 aromatic heterocycles. The molecule has 2 N–H and O–H groups in total. The first-order valence-electron chi connectivity index (χ1n) is 8.01. The zero-order chi connectivity index (χ0) is 17.4. The lowest BCUT2D eigenvalue weighted by Gasteiger charge is -2.23. The molecule has 2 aromatic rings. The number of aliphatic hydroxyl groups is 1. The first-order chi connectivity index (χ1) is 11.4. The topological polar surface area (TPSA) is 54.4 Å². The van der Waals surface area contributed by atoms with Gasteiger partial charge in [-0.2, -0.15) is 0 Å². The van der Waals surface area contributed by atoms with Crippen LogP contribution in [0, 0.1) is 11.8 Å². The van der Waals surface area contributed by atoms with Gasteiger partial charge in [0.1, 0.15) is 18.5 Å². The number of pyridine rings is 1. The fourth-order valence-corrected chi connectivity index (χ4v) is 1.94. The van der Waals surface area contributed by atoms with E-state index in [1.165, 1.54) is 0 Å². The lowest BCUT2D eigenvalue weighted by Crippen LogP contribution is -2.42. The molecule has 4 heteroatoms. The van der Waals surface area contributed by atoms with Crippen molar-refractivity contribution in [3.8, 4) is 17.6 Å². The number of β-amino-alcohol motifs (C(OH)–C–C–N with tert-alkyl or cyclic N) is 1. The van der Waals surface area contributed by atoms with E-state index in [-0.39, 0.29) is 12.1 Å². The van der Waals surface area contributed by atoms with Crippen LogP contribution in [-0.4, -0.2) is 34.9 Å². The van der Waals surface area contributed by atoms with E-state index in [0.717, 1.165) is 11.1 Å². The van der Waals surface area contributed by atoms with Crippen LogP contribution >= 0.6 is 0 Å². The second-order valence-corrected chi connectivity index (χ2v) is 6.58. The first-order valence-corrected chi connectivity index (χ1v) is 8.01. The molecule has 1 heterocycles. The predicted octanol–water partition coefficient (Wildman–Crippen LogP) is 2.61. The lowest BCUT2D eigenvalue weighted by molar-refractivity contribution is 0.0999. The third kappa shape index (κ3) is 6.41. The van der Waals surface area contributed by atoms with Crippen molar-refractivity contribution in [2.45, 2.75) is 32.4 Å². The summed E-state index contributed by atoms with van der Waals surface area (Å²) in [5.74, 6) is 6.83. The number of ether oxygens (including phenoxy) is 1. The van der Waals surface area contributed by atoms with Crippen LogP contribution in [0.3, 0.4) is 0 Å². The van der Waals surface area contributed by atoms with Crippen molar-refractivity contribution in [3.63, 3.8) is 0 Å². The Morgan fingerprint density at radius 2 is 1.96 bits per heavy atom. The highest BCUT2D eigenvalue weighted by Crippen LogP contribution is 2.17. The van der Waals surface area contributed by atoms with Gasteiger partial charge in [-0.15, -0.1) is 0 Å². The molecule has 0 bridgehead atoms. The molecule has 1 aromatic carbocycles. The summed E-state index contributed by atoms with van der Waals surface area (Å²) >= 11 is 0. The lowest BCUT2D eigenvalue weighted by atomic mass is 10.1. The van der Waals surface area contributed by atoms with Gasteiger partial charge in [-0.1, -0.05) is 24.0 Å². The van der Waals surface area contributed by atoms with E-state index in [9.17, 15) is 5.11 Å². The number of rotatable bonds is 5. The maximum atomic E-state index is 10.0. The van der Waals surface area contributed by atoms with Crippen LogP contribution in [-0.2, 0) is 0 Å². The number of hydrogen-bond donors (Lipinski definition) is 2. The molecule has 24 heavy (non-hydrogen) atoms. The van der Waals surface area contributed by atoms with Crippen LogP contribution in [0.2, 0.25) is 0 Å². The largest absolute Gasteiger partial charge is 0.490 e. The van der Waals surface area contributed by atoms with Crippen LogP contribution in [0.4, 0.5) is 0 Å². The van der Waals surface area contributed by atoms with Crippen LogP contribution in [0.5, 0.6) is 5.75 Å². The minimum atomic E-state index is -0.580. The summed E-state index contributed by atoms with van der Waals surface area (Å²) in [7, 11) is 0. The van der Waals surface area contributed by atoms with Crippen molar-refractivity contribution in [1.29, 1.82) is 0 Å². The average molecular weight is 324 g/mol. The van der Waals surface area contributed by atoms with Crippen LogP contribution in [0.1, 0.15) is 31.9 Å². The van der Waals surface area contributed by atoms with Gasteiger partial charge < -0.3 is 15.2 Å². The van der Waals surface area contributed by atoms with Gasteiger partial charge in [0, 0.05) is 30.0 Å². The highest BCUT2D eigenvalue weighted by atomic mass is 16.5. The Kier molecular flexibility index (Phi) is 6.36. The van der Waals surface area contributed by atoms with Crippen molar-refractivity contribution in [2.75, 3.05) is 13.2 Å². The summed E-state index contributed by atoms with van der Waals surface area (Å²) in [6.45, 7) is 6.87. The third-order valence-corrected chi connectivity index (χ3v) is 3.19. The molecule has 0 radical (unpaired) electrons. The summed E-state index contributed by atoms with van der Waals surface area (Å²) < 4.78 is 5.74. The molecular formula is C20H24N2O2. The van der Waals surface area contributed by atoms with Crippen molar-refractivity contribution in [2.24, 2.45) is 0 Å². The fraction of sp³-hybridized carbons (Fsp3) is 0.350. The van der Waals surface area contributed by atoms with Crippen molar-refractivity contribution in [1.82, 2.24) is 10.3 Å². The van der Waals surface area contributed by atoms with E-state index in [1.807, 2.05) is 36.4 Å². The minimum absolute atomic E-state index is 0.0336. The smallest absolute Gasteiger partial charge is 0.135 e. The van der Waals surface area contributed by atoms with Crippen LogP contribution in [0.25, 0.3) is 0 Å². The van der Waals surface area contributed by atoms with Crippen molar-refractivity contribution < 1.29 is 9.84 Å². The summed E-state index contributed by atoms with van der Waals surface area (Å²) in [6.07, 6.45) is 2.86. The zero-order valence-corrected chi connectivity index (χ0v) is 14.4. The summed E-state index contributed by atoms with van der Waals surface area (Å²) in [5, 5.41) is 13.3. The molecule has 0 saturated carbocycles. The zero-order valence-electron chi connectivity index (χ0n) is 14.4. The summed E-state index contributed by atoms with van der Waals surface area (Å²) in [4.78, 5) is 4.05. The molecule has 0 fully saturated rings. The molecule has 2 rings (SSSR count). The van der Waals surface area contributed by atoms with E-state index in [1.54, 1.807) is 12.4 Å². The minimum Gasteiger partial charge on any atom is -0.490 e. The van der Waals surface area contributed by atoms with E-state index in [0.29, 0.717) is 12.3 Å². The Morgan fingerprint density at radius 3 is 2.67 bits per heavy atom. The maximum absolute atomic E-state index is 10.0. The maximum Gasteiger partial charge on any atom is 0.135 e. The molecule has 0 aliphatic heterocycles. The Balaban J connectivity index is 1.98. The number of benzene rings is 1. The molecule has 1 atom stereocenters. The molecule has 0 aliphatic rings. The van der Waals surface area contributed by atoms with Gasteiger partial charge in [-0.3, -0.25) is 4.98 Å². The predicted molar refractivity (Wildman–Crippen MR) is 95.9 cm³/mol. The molecule has 0 aliphatic carbocycles. The quantitative estimate of drug-likeness (QED) is 0.830. The van der Waals surface area contributed by atoms with Gasteiger partial charge in [0.05, 0.1) is 5.56 Å². The molecule has 0 spiro atoms. The van der Waals surface area contributed by atoms with E-state index < -0.39 is 6.10 Å². The Bertz CT molecular complexity index is 697. The number of aromatic nitrogens is 1. The molecule has 4 nitrogen and oxygen atoms in total. The number of hydrogen-bond acceptors (Lipinski definition) is 4. The average Bonchev–Trinajstić information content (AvgIpc) is 2.57.